The second-order valence-corrected chi connectivity index (χ2v) is 2.85. The van der Waals surface area contributed by atoms with Crippen molar-refractivity contribution >= 4 is 0 Å². The highest BCUT2D eigenvalue weighted by atomic mass is 16.5. The van der Waals surface area contributed by atoms with Crippen LogP contribution in [0.25, 0.3) is 0 Å². The molecule has 0 aliphatic carbocycles. The van der Waals surface area contributed by atoms with E-state index >= 15 is 0 Å². The van der Waals surface area contributed by atoms with Gasteiger partial charge in [0.2, 0.25) is 0 Å². The van der Waals surface area contributed by atoms with Gasteiger partial charge in [-0.25, -0.2) is 0 Å². The lowest BCUT2D eigenvalue weighted by molar-refractivity contribution is -0.0754. The summed E-state index contributed by atoms with van der Waals surface area (Å²) in [6, 6.07) is 0. The Hall–Kier alpha value is -0.340. The fraction of sp³-hybridized carbons (Fsp3) is 0.750. The highest BCUT2D eigenvalue weighted by molar-refractivity contribution is 4.84. The Labute approximate surface area is 62.5 Å². The van der Waals surface area contributed by atoms with Gasteiger partial charge < -0.3 is 9.84 Å². The first kappa shape index (κ1) is 9.66. The molecule has 2 heteroatoms. The van der Waals surface area contributed by atoms with Crippen LogP contribution in [0.4, 0.5) is 0 Å². The van der Waals surface area contributed by atoms with E-state index in [0.29, 0.717) is 6.42 Å². The van der Waals surface area contributed by atoms with Crippen molar-refractivity contribution in [1.29, 1.82) is 0 Å². The summed E-state index contributed by atoms with van der Waals surface area (Å²) in [5.74, 6) is 0. The molecule has 0 bridgehead atoms. The van der Waals surface area contributed by atoms with Crippen molar-refractivity contribution in [3.8, 4) is 0 Å². The van der Waals surface area contributed by atoms with Gasteiger partial charge in [0.05, 0.1) is 11.7 Å². The van der Waals surface area contributed by atoms with E-state index in [4.69, 9.17) is 4.74 Å². The van der Waals surface area contributed by atoms with Crippen LogP contribution in [0, 0.1) is 0 Å². The smallest absolute Gasteiger partial charge is 0.0883 e. The third kappa shape index (κ3) is 2.50. The molecule has 0 aromatic carbocycles. The van der Waals surface area contributed by atoms with E-state index in [1.54, 1.807) is 13.2 Å². The number of aliphatic hydroxyl groups is 1. The topological polar surface area (TPSA) is 29.5 Å². The molecule has 0 aromatic rings. The molecule has 0 aliphatic heterocycles. The zero-order chi connectivity index (χ0) is 8.20. The summed E-state index contributed by atoms with van der Waals surface area (Å²) in [7, 11) is 1.59. The number of rotatable bonds is 4. The standard InChI is InChI=1S/C8H16O2/c1-5-6-7(9)8(2,3)10-4/h5,7,9H,1,6H2,2-4H3. The molecule has 0 heterocycles. The van der Waals surface area contributed by atoms with Crippen molar-refractivity contribution in [3.05, 3.63) is 12.7 Å². The predicted molar refractivity (Wildman–Crippen MR) is 41.9 cm³/mol. The zero-order valence-electron chi connectivity index (χ0n) is 6.92. The Morgan fingerprint density at radius 2 is 2.20 bits per heavy atom. The van der Waals surface area contributed by atoms with Crippen molar-refractivity contribution in [2.24, 2.45) is 0 Å². The fourth-order valence-corrected chi connectivity index (χ4v) is 0.578. The molecule has 0 rings (SSSR count). The minimum absolute atomic E-state index is 0.463. The maximum Gasteiger partial charge on any atom is 0.0883 e. The highest BCUT2D eigenvalue weighted by Crippen LogP contribution is 2.16. The van der Waals surface area contributed by atoms with Crippen LogP contribution in [0.1, 0.15) is 20.3 Å². The largest absolute Gasteiger partial charge is 0.390 e. The summed E-state index contributed by atoms with van der Waals surface area (Å²) in [5, 5.41) is 9.38. The number of ether oxygens (including phenoxy) is 1. The van der Waals surface area contributed by atoms with Gasteiger partial charge in [0.25, 0.3) is 0 Å². The van der Waals surface area contributed by atoms with Crippen LogP contribution in [0.2, 0.25) is 0 Å². The Balaban J connectivity index is 3.89. The van der Waals surface area contributed by atoms with Gasteiger partial charge in [0, 0.05) is 7.11 Å². The molecule has 0 amide bonds. The molecule has 0 saturated heterocycles. The molecule has 0 aliphatic rings. The van der Waals surface area contributed by atoms with Crippen molar-refractivity contribution in [1.82, 2.24) is 0 Å². The fourth-order valence-electron chi connectivity index (χ4n) is 0.578. The third-order valence-corrected chi connectivity index (χ3v) is 1.72. The predicted octanol–water partition coefficient (Wildman–Crippen LogP) is 1.35. The molecule has 1 unspecified atom stereocenters. The molecule has 0 fully saturated rings. The number of hydrogen-bond acceptors (Lipinski definition) is 2. The Kier molecular flexibility index (Phi) is 3.61. The van der Waals surface area contributed by atoms with E-state index in [2.05, 4.69) is 6.58 Å². The van der Waals surface area contributed by atoms with Crippen LogP contribution in [0.5, 0.6) is 0 Å². The molecular formula is C8H16O2. The van der Waals surface area contributed by atoms with Gasteiger partial charge in [-0.3, -0.25) is 0 Å². The minimum Gasteiger partial charge on any atom is -0.390 e. The summed E-state index contributed by atoms with van der Waals surface area (Å²) < 4.78 is 5.05. The second-order valence-electron chi connectivity index (χ2n) is 2.85. The van der Waals surface area contributed by atoms with Gasteiger partial charge in [0.15, 0.2) is 0 Å². The van der Waals surface area contributed by atoms with Gasteiger partial charge in [-0.2, -0.15) is 0 Å². The van der Waals surface area contributed by atoms with Crippen molar-refractivity contribution in [3.63, 3.8) is 0 Å². The summed E-state index contributed by atoms with van der Waals surface area (Å²) in [6.45, 7) is 7.23. The summed E-state index contributed by atoms with van der Waals surface area (Å²) in [5.41, 5.74) is -0.464. The van der Waals surface area contributed by atoms with Crippen LogP contribution in [-0.2, 0) is 4.74 Å². The number of hydrogen-bond donors (Lipinski definition) is 1. The average Bonchev–Trinajstić information content (AvgIpc) is 1.89. The lowest BCUT2D eigenvalue weighted by atomic mass is 9.99. The molecule has 10 heavy (non-hydrogen) atoms. The molecule has 0 aromatic heterocycles. The number of aliphatic hydroxyl groups excluding tert-OH is 1. The molecule has 1 atom stereocenters. The first-order valence-corrected chi connectivity index (χ1v) is 3.38. The first-order chi connectivity index (χ1) is 4.54. The zero-order valence-corrected chi connectivity index (χ0v) is 6.92. The lowest BCUT2D eigenvalue weighted by Gasteiger charge is -2.27. The normalized spacial score (nSPS) is 14.8. The maximum atomic E-state index is 9.38. The van der Waals surface area contributed by atoms with Crippen molar-refractivity contribution in [2.75, 3.05) is 7.11 Å². The van der Waals surface area contributed by atoms with Crippen LogP contribution < -0.4 is 0 Å². The van der Waals surface area contributed by atoms with Crippen molar-refractivity contribution < 1.29 is 9.84 Å². The molecule has 2 nitrogen and oxygen atoms in total. The van der Waals surface area contributed by atoms with E-state index in [-0.39, 0.29) is 0 Å². The quantitative estimate of drug-likeness (QED) is 0.603. The van der Waals surface area contributed by atoms with Gasteiger partial charge >= 0.3 is 0 Å². The monoisotopic (exact) mass is 144 g/mol. The third-order valence-electron chi connectivity index (χ3n) is 1.72. The van der Waals surface area contributed by atoms with Crippen LogP contribution in [-0.4, -0.2) is 23.9 Å². The van der Waals surface area contributed by atoms with E-state index in [1.165, 1.54) is 0 Å². The molecule has 0 saturated carbocycles. The van der Waals surface area contributed by atoms with Gasteiger partial charge in [-0.1, -0.05) is 6.08 Å². The Bertz CT molecular complexity index is 108. The summed E-state index contributed by atoms with van der Waals surface area (Å²) in [4.78, 5) is 0. The van der Waals surface area contributed by atoms with E-state index in [0.717, 1.165) is 0 Å². The SMILES string of the molecule is C=CCC(O)C(C)(C)OC. The van der Waals surface area contributed by atoms with E-state index in [9.17, 15) is 5.11 Å². The van der Waals surface area contributed by atoms with Gasteiger partial charge in [-0.05, 0) is 20.3 Å². The average molecular weight is 144 g/mol. The Morgan fingerprint density at radius 3 is 2.50 bits per heavy atom. The lowest BCUT2D eigenvalue weighted by Crippen LogP contribution is -2.37. The minimum atomic E-state index is -0.464. The van der Waals surface area contributed by atoms with E-state index in [1.807, 2.05) is 13.8 Å². The molecule has 60 valence electrons. The molecule has 0 spiro atoms. The first-order valence-electron chi connectivity index (χ1n) is 3.38. The summed E-state index contributed by atoms with van der Waals surface area (Å²) >= 11 is 0. The second kappa shape index (κ2) is 3.74. The van der Waals surface area contributed by atoms with Crippen LogP contribution in [0.3, 0.4) is 0 Å². The highest BCUT2D eigenvalue weighted by Gasteiger charge is 2.25. The van der Waals surface area contributed by atoms with E-state index < -0.39 is 11.7 Å². The van der Waals surface area contributed by atoms with Crippen LogP contribution >= 0.6 is 0 Å². The molecular weight excluding hydrogens is 128 g/mol. The molecule has 1 N–H and O–H groups in total. The van der Waals surface area contributed by atoms with Crippen LogP contribution in [0.15, 0.2) is 12.7 Å². The number of methoxy groups -OCH3 is 1. The molecule has 0 radical (unpaired) electrons. The summed E-state index contributed by atoms with van der Waals surface area (Å²) in [6.07, 6.45) is 1.79. The maximum absolute atomic E-state index is 9.38. The van der Waals surface area contributed by atoms with Gasteiger partial charge in [0.1, 0.15) is 0 Å². The van der Waals surface area contributed by atoms with Gasteiger partial charge in [-0.15, -0.1) is 6.58 Å². The Morgan fingerprint density at radius 1 is 1.70 bits per heavy atom. The van der Waals surface area contributed by atoms with Crippen molar-refractivity contribution in [2.45, 2.75) is 32.0 Å².